The van der Waals surface area contributed by atoms with Crippen LogP contribution < -0.4 is 5.32 Å². The number of sulfone groups is 1. The first-order valence-electron chi connectivity index (χ1n) is 6.95. The molecule has 122 valence electrons. The van der Waals surface area contributed by atoms with Crippen LogP contribution in [0.15, 0.2) is 0 Å². The molecule has 1 amide bonds. The molecule has 1 saturated heterocycles. The zero-order valence-corrected chi connectivity index (χ0v) is 14.3. The normalized spacial score (nSPS) is 25.4. The van der Waals surface area contributed by atoms with Gasteiger partial charge in [-0.15, -0.1) is 0 Å². The quantitative estimate of drug-likeness (QED) is 0.764. The van der Waals surface area contributed by atoms with Crippen LogP contribution >= 0.6 is 0 Å². The highest BCUT2D eigenvalue weighted by Gasteiger charge is 2.43. The summed E-state index contributed by atoms with van der Waals surface area (Å²) < 4.78 is 28.8. The fourth-order valence-electron chi connectivity index (χ4n) is 1.77. The lowest BCUT2D eigenvalue weighted by molar-refractivity contribution is -0.159. The van der Waals surface area contributed by atoms with Gasteiger partial charge in [-0.25, -0.2) is 8.42 Å². The van der Waals surface area contributed by atoms with Crippen molar-refractivity contribution >= 4 is 21.7 Å². The van der Waals surface area contributed by atoms with Gasteiger partial charge in [-0.2, -0.15) is 0 Å². The maximum Gasteiger partial charge on any atom is 0.311 e. The van der Waals surface area contributed by atoms with Crippen LogP contribution in [0.3, 0.4) is 0 Å². The van der Waals surface area contributed by atoms with Gasteiger partial charge in [-0.1, -0.05) is 20.8 Å². The van der Waals surface area contributed by atoms with Crippen molar-refractivity contribution in [1.82, 2.24) is 5.32 Å². The van der Waals surface area contributed by atoms with Gasteiger partial charge < -0.3 is 10.1 Å². The molecule has 1 fully saturated rings. The highest BCUT2D eigenvalue weighted by molar-refractivity contribution is 7.91. The van der Waals surface area contributed by atoms with Crippen LogP contribution in [-0.2, 0) is 24.2 Å². The van der Waals surface area contributed by atoms with Gasteiger partial charge in [0.1, 0.15) is 6.10 Å². The summed E-state index contributed by atoms with van der Waals surface area (Å²) in [6, 6.07) is -0.687. The monoisotopic (exact) mass is 319 g/mol. The second-order valence-electron chi connectivity index (χ2n) is 7.60. The molecule has 0 aromatic carbocycles. The Kier molecular flexibility index (Phi) is 4.77. The molecular formula is C14H25NO5S. The molecule has 0 saturated carbocycles. The van der Waals surface area contributed by atoms with Crippen molar-refractivity contribution in [2.75, 3.05) is 11.5 Å². The summed E-state index contributed by atoms with van der Waals surface area (Å²) in [7, 11) is -3.32. The Morgan fingerprint density at radius 2 is 1.52 bits per heavy atom. The van der Waals surface area contributed by atoms with Crippen molar-refractivity contribution in [3.05, 3.63) is 0 Å². The van der Waals surface area contributed by atoms with E-state index in [0.717, 1.165) is 0 Å². The van der Waals surface area contributed by atoms with Crippen molar-refractivity contribution in [1.29, 1.82) is 0 Å². The molecule has 7 heteroatoms. The minimum absolute atomic E-state index is 0.198. The Balaban J connectivity index is 2.86. The van der Waals surface area contributed by atoms with Crippen LogP contribution in [0.4, 0.5) is 0 Å². The predicted octanol–water partition coefficient (Wildman–Crippen LogP) is 0.904. The van der Waals surface area contributed by atoms with Crippen molar-refractivity contribution in [3.8, 4) is 0 Å². The average Bonchev–Trinajstić information content (AvgIpc) is 2.50. The van der Waals surface area contributed by atoms with Crippen LogP contribution in [0.5, 0.6) is 0 Å². The third-order valence-corrected chi connectivity index (χ3v) is 4.87. The zero-order chi connectivity index (χ0) is 16.6. The van der Waals surface area contributed by atoms with Gasteiger partial charge in [-0.3, -0.25) is 9.59 Å². The van der Waals surface area contributed by atoms with Gasteiger partial charge in [-0.05, 0) is 20.8 Å². The summed E-state index contributed by atoms with van der Waals surface area (Å²) >= 11 is 0. The van der Waals surface area contributed by atoms with Crippen LogP contribution in [0, 0.1) is 10.8 Å². The number of carbonyl (C=O) groups is 2. The average molecular weight is 319 g/mol. The Labute approximate surface area is 126 Å². The molecule has 0 aromatic heterocycles. The third kappa shape index (κ3) is 4.98. The number of carbonyl (C=O) groups excluding carboxylic acids is 2. The van der Waals surface area contributed by atoms with Gasteiger partial charge in [0.2, 0.25) is 5.91 Å². The van der Waals surface area contributed by atoms with E-state index in [9.17, 15) is 18.0 Å². The highest BCUT2D eigenvalue weighted by Crippen LogP contribution is 2.23. The second kappa shape index (κ2) is 5.59. The molecule has 1 aliphatic heterocycles. The molecule has 0 spiro atoms. The summed E-state index contributed by atoms with van der Waals surface area (Å²) in [5, 5.41) is 2.69. The molecule has 1 N–H and O–H groups in total. The molecule has 0 radical (unpaired) electrons. The van der Waals surface area contributed by atoms with Crippen molar-refractivity contribution < 1.29 is 22.7 Å². The standard InChI is InChI=1S/C14H25NO5S/c1-13(2,3)11(16)15-9-7-21(18,19)8-10(9)20-12(17)14(4,5)6/h9-10H,7-8H2,1-6H3,(H,15,16)/t9-,10-/m1/s1. The summed E-state index contributed by atoms with van der Waals surface area (Å²) in [5.74, 6) is -1.18. The zero-order valence-electron chi connectivity index (χ0n) is 13.5. The van der Waals surface area contributed by atoms with Gasteiger partial charge in [0.05, 0.1) is 23.0 Å². The Morgan fingerprint density at radius 1 is 1.00 bits per heavy atom. The summed E-state index contributed by atoms with van der Waals surface area (Å²) in [5.41, 5.74) is -1.35. The Morgan fingerprint density at radius 3 is 1.95 bits per heavy atom. The largest absolute Gasteiger partial charge is 0.459 e. The van der Waals surface area contributed by atoms with Crippen molar-refractivity contribution in [3.63, 3.8) is 0 Å². The molecule has 1 aliphatic rings. The SMILES string of the molecule is CC(C)(C)C(=O)N[C@@H]1CS(=O)(=O)C[C@H]1OC(=O)C(C)(C)C. The van der Waals surface area contributed by atoms with Gasteiger partial charge in [0.15, 0.2) is 9.84 Å². The number of nitrogens with one attached hydrogen (secondary N) is 1. The predicted molar refractivity (Wildman–Crippen MR) is 79.4 cm³/mol. The first kappa shape index (κ1) is 17.9. The van der Waals surface area contributed by atoms with Crippen molar-refractivity contribution in [2.24, 2.45) is 10.8 Å². The number of rotatable bonds is 2. The first-order chi connectivity index (χ1) is 9.22. The van der Waals surface area contributed by atoms with E-state index in [-0.39, 0.29) is 17.4 Å². The second-order valence-corrected chi connectivity index (χ2v) is 9.75. The lowest BCUT2D eigenvalue weighted by Gasteiger charge is -2.26. The molecule has 0 aliphatic carbocycles. The van der Waals surface area contributed by atoms with Crippen LogP contribution in [0.2, 0.25) is 0 Å². The van der Waals surface area contributed by atoms with E-state index in [4.69, 9.17) is 4.74 Å². The smallest absolute Gasteiger partial charge is 0.311 e. The summed E-state index contributed by atoms with van der Waals surface area (Å²) in [4.78, 5) is 23.9. The van der Waals surface area contributed by atoms with E-state index in [1.165, 1.54) is 0 Å². The number of amides is 1. The maximum atomic E-state index is 12.0. The van der Waals surface area contributed by atoms with E-state index < -0.39 is 38.8 Å². The summed E-state index contributed by atoms with van der Waals surface area (Å²) in [6.45, 7) is 10.3. The fourth-order valence-corrected chi connectivity index (χ4v) is 3.55. The number of ether oxygens (including phenoxy) is 1. The van der Waals surface area contributed by atoms with E-state index >= 15 is 0 Å². The number of hydrogen-bond donors (Lipinski definition) is 1. The fraction of sp³-hybridized carbons (Fsp3) is 0.857. The van der Waals surface area contributed by atoms with Gasteiger partial charge >= 0.3 is 5.97 Å². The maximum absolute atomic E-state index is 12.0. The first-order valence-corrected chi connectivity index (χ1v) is 8.77. The molecule has 21 heavy (non-hydrogen) atoms. The molecule has 0 unspecified atom stereocenters. The molecule has 1 rings (SSSR count). The lowest BCUT2D eigenvalue weighted by atomic mass is 9.95. The minimum Gasteiger partial charge on any atom is -0.459 e. The molecule has 0 aromatic rings. The van der Waals surface area contributed by atoms with Crippen molar-refractivity contribution in [2.45, 2.75) is 53.7 Å². The van der Waals surface area contributed by atoms with Gasteiger partial charge in [0.25, 0.3) is 0 Å². The van der Waals surface area contributed by atoms with Crippen LogP contribution in [0.25, 0.3) is 0 Å². The lowest BCUT2D eigenvalue weighted by Crippen LogP contribution is -2.49. The number of hydrogen-bond acceptors (Lipinski definition) is 5. The molecular weight excluding hydrogens is 294 g/mol. The molecule has 0 bridgehead atoms. The summed E-state index contributed by atoms with van der Waals surface area (Å²) in [6.07, 6.45) is -0.826. The van der Waals surface area contributed by atoms with E-state index in [2.05, 4.69) is 5.32 Å². The Bertz CT molecular complexity index is 483. The highest BCUT2D eigenvalue weighted by atomic mass is 32.2. The van der Waals surface area contributed by atoms with E-state index in [1.807, 2.05) is 0 Å². The van der Waals surface area contributed by atoms with E-state index in [1.54, 1.807) is 41.5 Å². The number of esters is 1. The van der Waals surface area contributed by atoms with Gasteiger partial charge in [0, 0.05) is 5.41 Å². The molecule has 6 nitrogen and oxygen atoms in total. The Hall–Kier alpha value is -1.11. The topological polar surface area (TPSA) is 89.5 Å². The molecule has 1 heterocycles. The minimum atomic E-state index is -3.32. The third-order valence-electron chi connectivity index (χ3n) is 3.17. The van der Waals surface area contributed by atoms with Crippen LogP contribution in [0.1, 0.15) is 41.5 Å². The van der Waals surface area contributed by atoms with E-state index in [0.29, 0.717) is 0 Å². The van der Waals surface area contributed by atoms with Crippen LogP contribution in [-0.4, -0.2) is 43.9 Å². The molecule has 2 atom stereocenters.